The van der Waals surface area contributed by atoms with Crippen molar-refractivity contribution in [3.05, 3.63) is 35.4 Å². The van der Waals surface area contributed by atoms with Gasteiger partial charge in [-0.05, 0) is 36.3 Å². The van der Waals surface area contributed by atoms with Crippen molar-refractivity contribution in [1.82, 2.24) is 0 Å². The third-order valence-corrected chi connectivity index (χ3v) is 4.16. The standard InChI is InChI=1S/C16H24O2/c1-2-15(17)13-10-6-7-11-14(13)16(18)12-8-4-3-5-9-12/h6-7,10-12,15-18H,2-5,8-9H2,1H3/t15-,16-/m0/s1. The zero-order valence-electron chi connectivity index (χ0n) is 11.2. The summed E-state index contributed by atoms with van der Waals surface area (Å²) >= 11 is 0. The minimum atomic E-state index is -0.459. The first-order valence-electron chi connectivity index (χ1n) is 7.19. The number of rotatable bonds is 4. The van der Waals surface area contributed by atoms with Gasteiger partial charge in [0.2, 0.25) is 0 Å². The molecule has 0 heterocycles. The van der Waals surface area contributed by atoms with Gasteiger partial charge in [0.1, 0.15) is 0 Å². The zero-order chi connectivity index (χ0) is 13.0. The lowest BCUT2D eigenvalue weighted by Gasteiger charge is -2.28. The lowest BCUT2D eigenvalue weighted by molar-refractivity contribution is 0.0799. The summed E-state index contributed by atoms with van der Waals surface area (Å²) in [5.41, 5.74) is 1.83. The van der Waals surface area contributed by atoms with E-state index in [4.69, 9.17) is 0 Å². The summed E-state index contributed by atoms with van der Waals surface area (Å²) in [4.78, 5) is 0. The second-order valence-corrected chi connectivity index (χ2v) is 5.40. The van der Waals surface area contributed by atoms with Crippen molar-refractivity contribution in [1.29, 1.82) is 0 Å². The molecule has 0 saturated heterocycles. The Morgan fingerprint density at radius 1 is 1.06 bits per heavy atom. The van der Waals surface area contributed by atoms with Gasteiger partial charge < -0.3 is 10.2 Å². The largest absolute Gasteiger partial charge is 0.388 e. The summed E-state index contributed by atoms with van der Waals surface area (Å²) in [6, 6.07) is 7.79. The maximum absolute atomic E-state index is 10.6. The normalized spacial score (nSPS) is 20.6. The lowest BCUT2D eigenvalue weighted by Crippen LogP contribution is -2.18. The SMILES string of the molecule is CC[C@H](O)c1ccccc1[C@@H](O)C1CCCCC1. The summed E-state index contributed by atoms with van der Waals surface area (Å²) in [5.74, 6) is 0.365. The van der Waals surface area contributed by atoms with Gasteiger partial charge in [0.15, 0.2) is 0 Å². The Morgan fingerprint density at radius 2 is 1.67 bits per heavy atom. The number of aliphatic hydroxyl groups is 2. The minimum absolute atomic E-state index is 0.365. The maximum atomic E-state index is 10.6. The topological polar surface area (TPSA) is 40.5 Å². The molecule has 2 atom stereocenters. The molecule has 0 radical (unpaired) electrons. The van der Waals surface area contributed by atoms with Crippen molar-refractivity contribution in [2.45, 2.75) is 57.7 Å². The fraction of sp³-hybridized carbons (Fsp3) is 0.625. The molecular weight excluding hydrogens is 224 g/mol. The summed E-state index contributed by atoms with van der Waals surface area (Å²) < 4.78 is 0. The molecule has 1 aromatic rings. The number of aliphatic hydroxyl groups excluding tert-OH is 2. The molecule has 100 valence electrons. The van der Waals surface area contributed by atoms with E-state index in [0.717, 1.165) is 24.0 Å². The smallest absolute Gasteiger partial charge is 0.0821 e. The molecule has 0 spiro atoms. The van der Waals surface area contributed by atoms with Gasteiger partial charge >= 0.3 is 0 Å². The van der Waals surface area contributed by atoms with Crippen molar-refractivity contribution >= 4 is 0 Å². The molecule has 0 bridgehead atoms. The molecule has 2 heteroatoms. The average molecular weight is 248 g/mol. The Bertz CT molecular complexity index is 369. The van der Waals surface area contributed by atoms with Crippen LogP contribution in [-0.2, 0) is 0 Å². The average Bonchev–Trinajstić information content (AvgIpc) is 2.46. The highest BCUT2D eigenvalue weighted by molar-refractivity contribution is 5.31. The zero-order valence-corrected chi connectivity index (χ0v) is 11.2. The van der Waals surface area contributed by atoms with Crippen LogP contribution in [-0.4, -0.2) is 10.2 Å². The Balaban J connectivity index is 2.20. The predicted octanol–water partition coefficient (Wildman–Crippen LogP) is 3.74. The second-order valence-electron chi connectivity index (χ2n) is 5.40. The van der Waals surface area contributed by atoms with Gasteiger partial charge in [0.25, 0.3) is 0 Å². The van der Waals surface area contributed by atoms with E-state index in [1.54, 1.807) is 0 Å². The van der Waals surface area contributed by atoms with Gasteiger partial charge in [0, 0.05) is 0 Å². The molecule has 2 nitrogen and oxygen atoms in total. The molecule has 1 aliphatic rings. The van der Waals surface area contributed by atoms with Gasteiger partial charge in [-0.2, -0.15) is 0 Å². The number of hydrogen-bond donors (Lipinski definition) is 2. The van der Waals surface area contributed by atoms with Gasteiger partial charge in [-0.25, -0.2) is 0 Å². The minimum Gasteiger partial charge on any atom is -0.388 e. The molecule has 0 unspecified atom stereocenters. The number of benzene rings is 1. The molecule has 0 aromatic heterocycles. The molecule has 18 heavy (non-hydrogen) atoms. The van der Waals surface area contributed by atoms with Crippen LogP contribution in [0.15, 0.2) is 24.3 Å². The first kappa shape index (κ1) is 13.6. The quantitative estimate of drug-likeness (QED) is 0.852. The first-order chi connectivity index (χ1) is 8.74. The van der Waals surface area contributed by atoms with E-state index in [1.165, 1.54) is 19.3 Å². The molecule has 1 aromatic carbocycles. The van der Waals surface area contributed by atoms with E-state index in [9.17, 15) is 10.2 Å². The summed E-state index contributed by atoms with van der Waals surface area (Å²) in [6.45, 7) is 1.97. The molecule has 1 saturated carbocycles. The van der Waals surface area contributed by atoms with Crippen LogP contribution < -0.4 is 0 Å². The fourth-order valence-electron chi connectivity index (χ4n) is 3.01. The van der Waals surface area contributed by atoms with Crippen molar-refractivity contribution in [2.24, 2.45) is 5.92 Å². The van der Waals surface area contributed by atoms with E-state index in [2.05, 4.69) is 0 Å². The predicted molar refractivity (Wildman–Crippen MR) is 73.2 cm³/mol. The highest BCUT2D eigenvalue weighted by atomic mass is 16.3. The van der Waals surface area contributed by atoms with E-state index < -0.39 is 12.2 Å². The van der Waals surface area contributed by atoms with Crippen LogP contribution in [0, 0.1) is 5.92 Å². The highest BCUT2D eigenvalue weighted by Gasteiger charge is 2.25. The molecule has 1 aliphatic carbocycles. The fourth-order valence-corrected chi connectivity index (χ4v) is 3.01. The van der Waals surface area contributed by atoms with Crippen molar-refractivity contribution in [3.8, 4) is 0 Å². The van der Waals surface area contributed by atoms with Gasteiger partial charge in [0.05, 0.1) is 12.2 Å². The Labute approximate surface area is 110 Å². The first-order valence-corrected chi connectivity index (χ1v) is 7.19. The molecule has 2 rings (SSSR count). The third kappa shape index (κ3) is 2.93. The molecule has 1 fully saturated rings. The molecule has 0 aliphatic heterocycles. The summed E-state index contributed by atoms with van der Waals surface area (Å²) in [5, 5.41) is 20.6. The van der Waals surface area contributed by atoms with Crippen LogP contribution in [0.1, 0.15) is 68.8 Å². The summed E-state index contributed by atoms with van der Waals surface area (Å²) in [7, 11) is 0. The van der Waals surface area contributed by atoms with Crippen LogP contribution in [0.25, 0.3) is 0 Å². The van der Waals surface area contributed by atoms with E-state index in [0.29, 0.717) is 12.3 Å². The van der Waals surface area contributed by atoms with Gasteiger partial charge in [-0.1, -0.05) is 50.5 Å². The van der Waals surface area contributed by atoms with E-state index >= 15 is 0 Å². The summed E-state index contributed by atoms with van der Waals surface area (Å²) in [6.07, 6.45) is 5.77. The van der Waals surface area contributed by atoms with Crippen LogP contribution in [0.5, 0.6) is 0 Å². The van der Waals surface area contributed by atoms with E-state index in [1.807, 2.05) is 31.2 Å². The molecular formula is C16H24O2. The van der Waals surface area contributed by atoms with Crippen molar-refractivity contribution in [3.63, 3.8) is 0 Å². The number of hydrogen-bond acceptors (Lipinski definition) is 2. The maximum Gasteiger partial charge on any atom is 0.0821 e. The highest BCUT2D eigenvalue weighted by Crippen LogP contribution is 2.37. The third-order valence-electron chi connectivity index (χ3n) is 4.16. The van der Waals surface area contributed by atoms with Crippen LogP contribution in [0.2, 0.25) is 0 Å². The van der Waals surface area contributed by atoms with E-state index in [-0.39, 0.29) is 0 Å². The Morgan fingerprint density at radius 3 is 2.28 bits per heavy atom. The Hall–Kier alpha value is -0.860. The lowest BCUT2D eigenvalue weighted by atomic mass is 9.81. The van der Waals surface area contributed by atoms with Crippen LogP contribution in [0.4, 0.5) is 0 Å². The van der Waals surface area contributed by atoms with Crippen LogP contribution >= 0.6 is 0 Å². The molecule has 2 N–H and O–H groups in total. The van der Waals surface area contributed by atoms with Crippen molar-refractivity contribution in [2.75, 3.05) is 0 Å². The monoisotopic (exact) mass is 248 g/mol. The van der Waals surface area contributed by atoms with Gasteiger partial charge in [-0.15, -0.1) is 0 Å². The second kappa shape index (κ2) is 6.35. The van der Waals surface area contributed by atoms with Crippen molar-refractivity contribution < 1.29 is 10.2 Å². The Kier molecular flexibility index (Phi) is 4.79. The molecule has 0 amide bonds. The van der Waals surface area contributed by atoms with Gasteiger partial charge in [-0.3, -0.25) is 0 Å². The van der Waals surface area contributed by atoms with Crippen LogP contribution in [0.3, 0.4) is 0 Å².